The second-order valence-corrected chi connectivity index (χ2v) is 38.7. The second-order valence-electron chi connectivity index (χ2n) is 38.2. The molecule has 0 aliphatic heterocycles. The molecule has 12 aliphatic rings. The maximum absolute atomic E-state index is 13.7. The predicted molar refractivity (Wildman–Crippen MR) is 399 cm³/mol. The first-order valence-electron chi connectivity index (χ1n) is 40.0. The minimum Gasteiger partial charge on any atom is -0.393 e. The van der Waals surface area contributed by atoms with Gasteiger partial charge in [-0.15, -0.1) is 0 Å². The summed E-state index contributed by atoms with van der Waals surface area (Å²) in [7, 11) is 0. The van der Waals surface area contributed by atoms with Gasteiger partial charge in [0, 0.05) is 93.5 Å². The molecule has 27 atom stereocenters. The van der Waals surface area contributed by atoms with Crippen LogP contribution in [-0.2, 0) is 46.0 Å². The number of pyridine rings is 3. The Labute approximate surface area is 635 Å². The van der Waals surface area contributed by atoms with Crippen molar-refractivity contribution in [2.24, 2.45) is 121 Å². The van der Waals surface area contributed by atoms with Crippen LogP contribution in [0, 0.1) is 121 Å². The Balaban J connectivity index is 0.000000124. The van der Waals surface area contributed by atoms with Crippen LogP contribution in [0.4, 0.5) is 0 Å². The van der Waals surface area contributed by atoms with Crippen molar-refractivity contribution in [1.82, 2.24) is 44.7 Å². The van der Waals surface area contributed by atoms with E-state index in [-0.39, 0.29) is 105 Å². The smallest absolute Gasteiger partial charge is 0.158 e. The number of aromatic nitrogens is 9. The fourth-order valence-electron chi connectivity index (χ4n) is 27.2. The van der Waals surface area contributed by atoms with Crippen LogP contribution in [0.15, 0.2) is 74.0 Å². The van der Waals surface area contributed by atoms with Gasteiger partial charge in [0.15, 0.2) is 11.6 Å². The molecule has 7 N–H and O–H groups in total. The maximum atomic E-state index is 13.7. The Kier molecular flexibility index (Phi) is 20.7. The second kappa shape index (κ2) is 28.2. The van der Waals surface area contributed by atoms with Crippen LogP contribution in [-0.4, -0.2) is 133 Å². The molecule has 6 aromatic rings. The third kappa shape index (κ3) is 12.9. The van der Waals surface area contributed by atoms with E-state index in [1.807, 2.05) is 45.2 Å². The number of alkyl halides is 1. The molecule has 1 radical (unpaired) electrons. The number of hydrogen-bond donors (Lipinski definition) is 7. The number of fused-ring (bicyclic) bond motifs is 18. The van der Waals surface area contributed by atoms with Crippen molar-refractivity contribution in [2.45, 2.75) is 265 Å². The van der Waals surface area contributed by atoms with Crippen molar-refractivity contribution in [2.75, 3.05) is 5.33 Å². The van der Waals surface area contributed by atoms with Gasteiger partial charge in [0.2, 0.25) is 0 Å². The van der Waals surface area contributed by atoms with Crippen molar-refractivity contribution in [3.63, 3.8) is 0 Å². The van der Waals surface area contributed by atoms with Gasteiger partial charge in [-0.2, -0.15) is 15.3 Å². The number of halogens is 1. The zero-order valence-corrected chi connectivity index (χ0v) is 66.2. The van der Waals surface area contributed by atoms with Crippen LogP contribution in [0.3, 0.4) is 0 Å². The Bertz CT molecular complexity index is 4050. The normalized spacial score (nSPS) is 45.1. The molecule has 104 heavy (non-hydrogen) atoms. The summed E-state index contributed by atoms with van der Waals surface area (Å²) in [5.74, 6) is 6.70. The van der Waals surface area contributed by atoms with Crippen molar-refractivity contribution >= 4 is 66.0 Å². The predicted octanol–water partition coefficient (Wildman–Crippen LogP) is 14.0. The number of carbonyl (C=O) groups excluding carboxylic acids is 3. The van der Waals surface area contributed by atoms with Crippen molar-refractivity contribution in [3.05, 3.63) is 74.0 Å². The number of aromatic amines is 1. The van der Waals surface area contributed by atoms with Crippen LogP contribution in [0.5, 0.6) is 0 Å². The number of aliphatic hydroxyl groups is 6. The summed E-state index contributed by atoms with van der Waals surface area (Å²) in [6, 6.07) is 5.75. The number of rotatable bonds is 8. The molecule has 6 aromatic heterocycles. The summed E-state index contributed by atoms with van der Waals surface area (Å²) in [6.45, 7) is 20.4. The van der Waals surface area contributed by atoms with Gasteiger partial charge in [-0.1, -0.05) is 57.5 Å². The number of Topliss-reactive ketones (excluding diaryl/α,β-unsaturated/α-hetero) is 3. The van der Waals surface area contributed by atoms with Crippen LogP contribution in [0.2, 0.25) is 0 Å². The van der Waals surface area contributed by atoms with E-state index in [4.69, 9.17) is 0 Å². The van der Waals surface area contributed by atoms with E-state index in [9.17, 15) is 45.0 Å². The number of ketones is 3. The standard InChI is InChI=1S/2C28H39N3O3.C22H35BrO3.C6H5N3.V/c1-26(34)9-10-27(2)18(13-26)4-5-19-20-6-7-21(28(20,3)25(33)12-22(19)27)24(32)16-31-15-17-8-11-29-14-23(17)30-31;1-26(34)9-10-27(2)18(13-26)4-5-19-20-6-7-21(28(20,3)25(33)12-22(19)27)24(32)16-31-23-15-29-11-8-17(23)14-30-31;1-20(26)8-9-21(2)13(11-20)4-5-14-15-6-7-16(18(24)12-23)22(15,3)19(25)10-17(14)21;1-2-7-4-6-5(1)3-8-9-6;/h2*8,11,14-15,18-22,25,33-34H,4-7,9-10,12-13,16H2,1-3H3;13-17,19,25-26H,4-12H2,1-3H3;1-4H,(H,8,9);/t2*18-,19-,20-,21+,22-,25+,26+,27-,28-;13-,14-,15-,16+,17-,19+,20+,21-,22-;;/m000../s1. The zero-order chi connectivity index (χ0) is 72.8. The van der Waals surface area contributed by atoms with Gasteiger partial charge in [0.1, 0.15) is 17.8 Å². The van der Waals surface area contributed by atoms with Gasteiger partial charge in [0.25, 0.3) is 0 Å². The van der Waals surface area contributed by atoms with Crippen LogP contribution in [0.25, 0.3) is 32.7 Å². The largest absolute Gasteiger partial charge is 0.393 e. The van der Waals surface area contributed by atoms with Crippen molar-refractivity contribution in [1.29, 1.82) is 0 Å². The molecule has 565 valence electrons. The van der Waals surface area contributed by atoms with Gasteiger partial charge in [-0.3, -0.25) is 43.8 Å². The van der Waals surface area contributed by atoms with E-state index in [0.717, 1.165) is 148 Å². The summed E-state index contributed by atoms with van der Waals surface area (Å²) in [4.78, 5) is 52.1. The molecule has 12 aliphatic carbocycles. The molecule has 0 saturated heterocycles. The topological polar surface area (TPSA) is 276 Å². The number of H-pyrrole nitrogens is 1. The van der Waals surface area contributed by atoms with Crippen LogP contribution >= 0.6 is 15.9 Å². The van der Waals surface area contributed by atoms with E-state index in [1.54, 1.807) is 58.9 Å². The molecule has 0 spiro atoms. The molecule has 18 nitrogen and oxygen atoms in total. The number of nitrogens with zero attached hydrogens (tertiary/aromatic N) is 8. The molecule has 0 amide bonds. The quantitative estimate of drug-likeness (QED) is 0.0698. The van der Waals surface area contributed by atoms with E-state index in [1.165, 1.54) is 38.5 Å². The number of aliphatic hydroxyl groups excluding tert-OH is 3. The first kappa shape index (κ1) is 76.5. The monoisotopic (exact) mass is 1530 g/mol. The van der Waals surface area contributed by atoms with E-state index in [2.05, 4.69) is 92.8 Å². The van der Waals surface area contributed by atoms with E-state index in [0.29, 0.717) is 76.3 Å². The molecule has 20 heteroatoms. The summed E-state index contributed by atoms with van der Waals surface area (Å²) in [6.07, 6.45) is 38.6. The Hall–Kier alpha value is -4.31. The fourth-order valence-corrected chi connectivity index (χ4v) is 27.6. The molecule has 12 saturated carbocycles. The van der Waals surface area contributed by atoms with Crippen LogP contribution in [0.1, 0.15) is 216 Å². The van der Waals surface area contributed by atoms with Crippen molar-refractivity contribution in [3.8, 4) is 0 Å². The summed E-state index contributed by atoms with van der Waals surface area (Å²) in [5.41, 5.74) is 0.750. The average molecular weight is 1530 g/mol. The van der Waals surface area contributed by atoms with Gasteiger partial charge in [-0.25, -0.2) is 0 Å². The molecular formula is C84H118BrN9O9V. The first-order valence-corrected chi connectivity index (χ1v) is 41.1. The van der Waals surface area contributed by atoms with Crippen molar-refractivity contribution < 1.29 is 63.6 Å². The average Bonchev–Trinajstić information content (AvgIpc) is 1.39. The molecule has 6 heterocycles. The summed E-state index contributed by atoms with van der Waals surface area (Å²) in [5, 5.41) is 85.8. The summed E-state index contributed by atoms with van der Waals surface area (Å²) >= 11 is 3.36. The molecule has 18 rings (SSSR count). The van der Waals surface area contributed by atoms with E-state index >= 15 is 0 Å². The Morgan fingerprint density at radius 1 is 0.481 bits per heavy atom. The Morgan fingerprint density at radius 3 is 1.34 bits per heavy atom. The minimum atomic E-state index is -0.546. The van der Waals surface area contributed by atoms with E-state index < -0.39 is 29.0 Å². The van der Waals surface area contributed by atoms with Gasteiger partial charge in [-0.05, 0) is 280 Å². The fraction of sp³-hybridized carbons (Fsp3) is 0.750. The van der Waals surface area contributed by atoms with Crippen LogP contribution < -0.4 is 0 Å². The molecule has 0 unspecified atom stereocenters. The van der Waals surface area contributed by atoms with Gasteiger partial charge >= 0.3 is 0 Å². The number of nitrogens with one attached hydrogen (secondary N) is 1. The number of hydrogen-bond acceptors (Lipinski definition) is 15. The number of carbonyl (C=O) groups is 3. The summed E-state index contributed by atoms with van der Waals surface area (Å²) < 4.78 is 3.53. The molecular weight excluding hydrogens is 1410 g/mol. The molecule has 12 fully saturated rings. The first-order chi connectivity index (χ1) is 48.8. The molecule has 0 aromatic carbocycles. The van der Waals surface area contributed by atoms with Gasteiger partial charge < -0.3 is 30.6 Å². The minimum absolute atomic E-state index is 0. The third-order valence-corrected chi connectivity index (χ3v) is 33.7. The van der Waals surface area contributed by atoms with Gasteiger partial charge in [0.05, 0.1) is 89.0 Å². The zero-order valence-electron chi connectivity index (χ0n) is 63.2. The maximum Gasteiger partial charge on any atom is 0.158 e. The molecule has 0 bridgehead atoms. The third-order valence-electron chi connectivity index (χ3n) is 33.2. The SMILES string of the molecule is C[C@@]1(O)CC[C@@]2(C)[C@@H](CC[C@@H]3[C@@H]2C[C@@H](O)[C@]2(C)[C@@H](C(=O)CBr)CC[C@@H]32)C1.C[C@@]1(O)CC[C@@]2(C)[C@@H](CC[C@@H]3[C@@H]2C[C@@H](O)[C@]2(C)[C@@H](C(=O)Cn4cc5ccncc5n4)CC[C@@H]32)C1.C[C@@]1(O)CC[C@@]2(C)[C@@H](CC[C@@H]3[C@@H]2C[C@@H](O)[C@]2(C)[C@@H](C(=O)Cn4ncc5ccncc54)CC[C@@H]32)C1.[V].c1cc2cn[nH]c2cn1. The Morgan fingerprint density at radius 2 is 0.894 bits per heavy atom.